The molecule has 1 saturated heterocycles. The third kappa shape index (κ3) is 4.85. The van der Waals surface area contributed by atoms with Gasteiger partial charge in [-0.2, -0.15) is 0 Å². The number of amidine groups is 1. The summed E-state index contributed by atoms with van der Waals surface area (Å²) < 4.78 is 5.47. The Kier molecular flexibility index (Phi) is 5.77. The van der Waals surface area contributed by atoms with Gasteiger partial charge in [0.05, 0.1) is 16.2 Å². The molecule has 30 heavy (non-hydrogen) atoms. The van der Waals surface area contributed by atoms with E-state index in [4.69, 9.17) is 4.74 Å². The van der Waals surface area contributed by atoms with Crippen LogP contribution in [-0.4, -0.2) is 17.0 Å². The zero-order valence-electron chi connectivity index (χ0n) is 16.2. The van der Waals surface area contributed by atoms with E-state index in [1.807, 2.05) is 55.5 Å². The predicted octanol–water partition coefficient (Wildman–Crippen LogP) is 5.11. The molecule has 4 rings (SSSR count). The summed E-state index contributed by atoms with van der Waals surface area (Å²) in [6, 6.07) is 23.7. The SMILES string of the molecule is Cc1ccc(C(=O)Oc2cccc(/C=C3\SC(=Nc4ccccc4)NC3=O)c2)cc1. The standard InChI is InChI=1S/C24H18N2O3S/c1-16-10-12-18(13-11-16)23(28)29-20-9-5-6-17(14-20)15-21-22(27)26-24(30-21)25-19-7-3-2-4-8-19/h2-15H,1H3,(H,25,26,27)/b21-15-. The molecule has 0 aromatic heterocycles. The Morgan fingerprint density at radius 3 is 2.53 bits per heavy atom. The summed E-state index contributed by atoms with van der Waals surface area (Å²) in [5, 5.41) is 3.29. The molecular weight excluding hydrogens is 396 g/mol. The Morgan fingerprint density at radius 2 is 1.77 bits per heavy atom. The van der Waals surface area contributed by atoms with Gasteiger partial charge < -0.3 is 10.1 Å². The third-order valence-corrected chi connectivity index (χ3v) is 5.20. The van der Waals surface area contributed by atoms with Gasteiger partial charge in [0.2, 0.25) is 0 Å². The van der Waals surface area contributed by atoms with Crippen LogP contribution < -0.4 is 10.1 Å². The minimum atomic E-state index is -0.426. The van der Waals surface area contributed by atoms with Crippen molar-refractivity contribution in [3.05, 3.63) is 100 Å². The topological polar surface area (TPSA) is 67.8 Å². The predicted molar refractivity (Wildman–Crippen MR) is 120 cm³/mol. The Labute approximate surface area is 178 Å². The van der Waals surface area contributed by atoms with E-state index in [-0.39, 0.29) is 5.91 Å². The summed E-state index contributed by atoms with van der Waals surface area (Å²) in [6.45, 7) is 1.96. The fourth-order valence-electron chi connectivity index (χ4n) is 2.78. The average molecular weight is 414 g/mol. The van der Waals surface area contributed by atoms with E-state index in [1.54, 1.807) is 36.4 Å². The van der Waals surface area contributed by atoms with Crippen molar-refractivity contribution in [2.24, 2.45) is 4.99 Å². The highest BCUT2D eigenvalue weighted by Gasteiger charge is 2.23. The summed E-state index contributed by atoms with van der Waals surface area (Å²) in [7, 11) is 0. The maximum Gasteiger partial charge on any atom is 0.343 e. The number of nitrogens with one attached hydrogen (secondary N) is 1. The van der Waals surface area contributed by atoms with Gasteiger partial charge in [0.15, 0.2) is 5.17 Å². The average Bonchev–Trinajstić information content (AvgIpc) is 3.08. The molecule has 3 aromatic rings. The second-order valence-corrected chi connectivity index (χ2v) is 7.68. The van der Waals surface area contributed by atoms with E-state index in [0.717, 1.165) is 16.8 Å². The number of ether oxygens (including phenoxy) is 1. The molecule has 1 heterocycles. The van der Waals surface area contributed by atoms with Gasteiger partial charge in [-0.1, -0.05) is 48.0 Å². The molecule has 1 fully saturated rings. The Bertz CT molecular complexity index is 1150. The lowest BCUT2D eigenvalue weighted by Crippen LogP contribution is -2.19. The van der Waals surface area contributed by atoms with Gasteiger partial charge >= 0.3 is 5.97 Å². The summed E-state index contributed by atoms with van der Waals surface area (Å²) in [4.78, 5) is 29.6. The first-order valence-electron chi connectivity index (χ1n) is 9.30. The lowest BCUT2D eigenvalue weighted by atomic mass is 10.1. The normalized spacial score (nSPS) is 16.0. The molecule has 0 bridgehead atoms. The summed E-state index contributed by atoms with van der Waals surface area (Å²) in [6.07, 6.45) is 1.75. The van der Waals surface area contributed by atoms with Crippen LogP contribution in [0.5, 0.6) is 5.75 Å². The zero-order chi connectivity index (χ0) is 20.9. The number of esters is 1. The van der Waals surface area contributed by atoms with Crippen LogP contribution in [0.4, 0.5) is 5.69 Å². The number of nitrogens with zero attached hydrogens (tertiary/aromatic N) is 1. The molecule has 0 atom stereocenters. The first-order chi connectivity index (χ1) is 14.6. The molecule has 0 spiro atoms. The van der Waals surface area contributed by atoms with Crippen molar-refractivity contribution in [1.82, 2.24) is 5.32 Å². The smallest absolute Gasteiger partial charge is 0.343 e. The number of aryl methyl sites for hydroxylation is 1. The number of benzene rings is 3. The lowest BCUT2D eigenvalue weighted by molar-refractivity contribution is -0.115. The van der Waals surface area contributed by atoms with Crippen LogP contribution >= 0.6 is 11.8 Å². The largest absolute Gasteiger partial charge is 0.423 e. The number of thioether (sulfide) groups is 1. The Hall–Kier alpha value is -3.64. The van der Waals surface area contributed by atoms with E-state index in [2.05, 4.69) is 10.3 Å². The van der Waals surface area contributed by atoms with Crippen LogP contribution in [0.25, 0.3) is 6.08 Å². The van der Waals surface area contributed by atoms with Gasteiger partial charge in [0.1, 0.15) is 5.75 Å². The van der Waals surface area contributed by atoms with Crippen LogP contribution in [0, 0.1) is 6.92 Å². The molecule has 6 heteroatoms. The zero-order valence-corrected chi connectivity index (χ0v) is 17.0. The number of carbonyl (C=O) groups excluding carboxylic acids is 2. The molecule has 5 nitrogen and oxygen atoms in total. The number of rotatable bonds is 4. The van der Waals surface area contributed by atoms with Gasteiger partial charge in [-0.15, -0.1) is 0 Å². The molecule has 1 aliphatic rings. The summed E-state index contributed by atoms with van der Waals surface area (Å²) in [5.74, 6) is -0.224. The molecule has 1 aliphatic heterocycles. The molecule has 0 unspecified atom stereocenters. The van der Waals surface area contributed by atoms with Gasteiger partial charge in [-0.05, 0) is 66.7 Å². The van der Waals surface area contributed by atoms with Crippen LogP contribution in [0.2, 0.25) is 0 Å². The number of amides is 1. The highest BCUT2D eigenvalue weighted by Crippen LogP contribution is 2.28. The number of hydrogen-bond acceptors (Lipinski definition) is 5. The summed E-state index contributed by atoms with van der Waals surface area (Å²) >= 11 is 1.27. The third-order valence-electron chi connectivity index (χ3n) is 4.29. The molecule has 0 aliphatic carbocycles. The van der Waals surface area contributed by atoms with E-state index in [9.17, 15) is 9.59 Å². The van der Waals surface area contributed by atoms with Crippen LogP contribution in [0.15, 0.2) is 88.8 Å². The van der Waals surface area contributed by atoms with E-state index in [0.29, 0.717) is 21.4 Å². The van der Waals surface area contributed by atoms with Crippen molar-refractivity contribution in [3.8, 4) is 5.75 Å². The monoisotopic (exact) mass is 414 g/mol. The molecule has 0 radical (unpaired) electrons. The first-order valence-corrected chi connectivity index (χ1v) is 10.1. The maximum atomic E-state index is 12.3. The van der Waals surface area contributed by atoms with Gasteiger partial charge in [0, 0.05) is 0 Å². The lowest BCUT2D eigenvalue weighted by Gasteiger charge is -2.05. The summed E-state index contributed by atoms with van der Waals surface area (Å²) in [5.41, 5.74) is 3.08. The molecule has 1 N–H and O–H groups in total. The van der Waals surface area contributed by atoms with Crippen LogP contribution in [0.1, 0.15) is 21.5 Å². The number of para-hydroxylation sites is 1. The molecule has 148 valence electrons. The van der Waals surface area contributed by atoms with Gasteiger partial charge in [-0.3, -0.25) is 4.79 Å². The van der Waals surface area contributed by atoms with Crippen molar-refractivity contribution in [2.45, 2.75) is 6.92 Å². The Balaban J connectivity index is 1.49. The first kappa shape index (κ1) is 19.7. The van der Waals surface area contributed by atoms with Crippen molar-refractivity contribution in [2.75, 3.05) is 0 Å². The highest BCUT2D eigenvalue weighted by molar-refractivity contribution is 8.18. The van der Waals surface area contributed by atoms with Crippen molar-refractivity contribution >= 4 is 40.6 Å². The minimum absolute atomic E-state index is 0.211. The molecule has 1 amide bonds. The van der Waals surface area contributed by atoms with Crippen molar-refractivity contribution in [1.29, 1.82) is 0 Å². The fourth-order valence-corrected chi connectivity index (χ4v) is 3.62. The second kappa shape index (κ2) is 8.80. The van der Waals surface area contributed by atoms with Crippen LogP contribution in [0.3, 0.4) is 0 Å². The molecule has 3 aromatic carbocycles. The number of aliphatic imine (C=N–C) groups is 1. The van der Waals surface area contributed by atoms with E-state index < -0.39 is 5.97 Å². The molecule has 0 saturated carbocycles. The fraction of sp³-hybridized carbons (Fsp3) is 0.0417. The van der Waals surface area contributed by atoms with E-state index in [1.165, 1.54) is 11.8 Å². The van der Waals surface area contributed by atoms with E-state index >= 15 is 0 Å². The van der Waals surface area contributed by atoms with Gasteiger partial charge in [0.25, 0.3) is 5.91 Å². The van der Waals surface area contributed by atoms with Gasteiger partial charge in [-0.25, -0.2) is 9.79 Å². The quantitative estimate of drug-likeness (QED) is 0.366. The van der Waals surface area contributed by atoms with Crippen molar-refractivity contribution < 1.29 is 14.3 Å². The highest BCUT2D eigenvalue weighted by atomic mass is 32.2. The number of carbonyl (C=O) groups is 2. The Morgan fingerprint density at radius 1 is 1.00 bits per heavy atom. The van der Waals surface area contributed by atoms with Crippen LogP contribution in [-0.2, 0) is 4.79 Å². The maximum absolute atomic E-state index is 12.3. The minimum Gasteiger partial charge on any atom is -0.423 e. The molecular formula is C24H18N2O3S. The second-order valence-electron chi connectivity index (χ2n) is 6.65. The number of hydrogen-bond donors (Lipinski definition) is 1. The van der Waals surface area contributed by atoms with Crippen molar-refractivity contribution in [3.63, 3.8) is 0 Å².